The van der Waals surface area contributed by atoms with Gasteiger partial charge in [0, 0.05) is 24.0 Å². The third-order valence-corrected chi connectivity index (χ3v) is 8.57. The smallest absolute Gasteiger partial charge is 0.264 e. The van der Waals surface area contributed by atoms with Gasteiger partial charge in [-0.2, -0.15) is 0 Å². The molecule has 1 aliphatic heterocycles. The van der Waals surface area contributed by atoms with Crippen molar-refractivity contribution >= 4 is 43.9 Å². The molecule has 2 amide bonds. The highest BCUT2D eigenvalue weighted by Crippen LogP contribution is 2.34. The maximum Gasteiger partial charge on any atom is 0.264 e. The van der Waals surface area contributed by atoms with Crippen molar-refractivity contribution < 1.29 is 18.0 Å². The molecule has 1 aliphatic rings. The molecule has 2 N–H and O–H groups in total. The number of amides is 2. The molecule has 3 aromatic rings. The molecule has 0 unspecified atom stereocenters. The summed E-state index contributed by atoms with van der Waals surface area (Å²) < 4.78 is 27.7. The minimum atomic E-state index is -3.73. The van der Waals surface area contributed by atoms with E-state index in [0.717, 1.165) is 16.0 Å². The number of fused-ring (bicyclic) bond motifs is 1. The number of carbonyl (C=O) groups is 2. The molecule has 0 fully saturated rings. The van der Waals surface area contributed by atoms with Gasteiger partial charge in [-0.15, -0.1) is 11.3 Å². The van der Waals surface area contributed by atoms with Gasteiger partial charge in [-0.05, 0) is 61.7 Å². The second-order valence-electron chi connectivity index (χ2n) is 7.50. The highest BCUT2D eigenvalue weighted by atomic mass is 32.2. The van der Waals surface area contributed by atoms with Crippen LogP contribution in [0.5, 0.6) is 0 Å². The van der Waals surface area contributed by atoms with E-state index in [0.29, 0.717) is 34.8 Å². The van der Waals surface area contributed by atoms with E-state index in [1.54, 1.807) is 6.07 Å². The van der Waals surface area contributed by atoms with Gasteiger partial charge in [-0.1, -0.05) is 18.2 Å². The van der Waals surface area contributed by atoms with Gasteiger partial charge in [0.25, 0.3) is 21.8 Å². The highest BCUT2D eigenvalue weighted by molar-refractivity contribution is 7.92. The lowest BCUT2D eigenvalue weighted by Gasteiger charge is -2.19. The number of nitrogens with zero attached hydrogens (tertiary/aromatic N) is 1. The first kappa shape index (κ1) is 22.0. The quantitative estimate of drug-likeness (QED) is 0.595. The van der Waals surface area contributed by atoms with Gasteiger partial charge < -0.3 is 10.6 Å². The third kappa shape index (κ3) is 3.78. The van der Waals surface area contributed by atoms with E-state index in [1.165, 1.54) is 47.0 Å². The third-order valence-electron chi connectivity index (χ3n) is 5.62. The molecule has 0 atom stereocenters. The number of thiophene rings is 1. The molecule has 0 bridgehead atoms. The van der Waals surface area contributed by atoms with Crippen LogP contribution in [0, 0.1) is 13.8 Å². The Morgan fingerprint density at radius 1 is 1.00 bits per heavy atom. The van der Waals surface area contributed by atoms with Crippen LogP contribution in [0.2, 0.25) is 0 Å². The van der Waals surface area contributed by atoms with Crippen LogP contribution in [0.4, 0.5) is 10.7 Å². The number of sulfonamides is 1. The summed E-state index contributed by atoms with van der Waals surface area (Å²) in [6, 6.07) is 13.3. The largest absolute Gasteiger partial charge is 0.355 e. The maximum absolute atomic E-state index is 13.1. The summed E-state index contributed by atoms with van der Waals surface area (Å²) in [4.78, 5) is 26.1. The Morgan fingerprint density at radius 2 is 1.69 bits per heavy atom. The zero-order valence-corrected chi connectivity index (χ0v) is 19.6. The van der Waals surface area contributed by atoms with Gasteiger partial charge in [0.2, 0.25) is 0 Å². The molecule has 7 nitrogen and oxygen atoms in total. The molecular weight excluding hydrogens is 446 g/mol. The Bertz CT molecular complexity index is 1310. The maximum atomic E-state index is 13.1. The van der Waals surface area contributed by atoms with Crippen molar-refractivity contribution in [3.63, 3.8) is 0 Å². The molecule has 9 heteroatoms. The second-order valence-corrected chi connectivity index (χ2v) is 10.6. The summed E-state index contributed by atoms with van der Waals surface area (Å²) in [5.41, 5.74) is 3.25. The van der Waals surface area contributed by atoms with Crippen LogP contribution in [0.25, 0.3) is 0 Å². The fourth-order valence-electron chi connectivity index (χ4n) is 3.75. The lowest BCUT2D eigenvalue weighted by Crippen LogP contribution is -2.29. The van der Waals surface area contributed by atoms with Crippen LogP contribution in [0.3, 0.4) is 0 Å². The number of rotatable bonds is 5. The second kappa shape index (κ2) is 8.40. The summed E-state index contributed by atoms with van der Waals surface area (Å²) in [5, 5.41) is 5.85. The molecular formula is C23H23N3O4S2. The average Bonchev–Trinajstić information content (AvgIpc) is 3.34. The Morgan fingerprint density at radius 3 is 2.38 bits per heavy atom. The minimum Gasteiger partial charge on any atom is -0.355 e. The van der Waals surface area contributed by atoms with Crippen LogP contribution < -0.4 is 14.9 Å². The zero-order valence-electron chi connectivity index (χ0n) is 17.9. The number of para-hydroxylation sites is 1. The topological polar surface area (TPSA) is 95.6 Å². The normalized spacial score (nSPS) is 13.0. The molecule has 32 heavy (non-hydrogen) atoms. The summed E-state index contributed by atoms with van der Waals surface area (Å²) in [5.74, 6) is -0.679. The average molecular weight is 470 g/mol. The van der Waals surface area contributed by atoms with Gasteiger partial charge in [0.05, 0.1) is 16.1 Å². The number of nitrogens with one attached hydrogen (secondary N) is 2. The number of hydrogen-bond acceptors (Lipinski definition) is 5. The van der Waals surface area contributed by atoms with Crippen molar-refractivity contribution in [1.29, 1.82) is 0 Å². The number of carbonyl (C=O) groups excluding carboxylic acids is 2. The molecule has 0 aliphatic carbocycles. The molecule has 2 heterocycles. The van der Waals surface area contributed by atoms with E-state index in [-0.39, 0.29) is 10.8 Å². The molecule has 1 aromatic heterocycles. The van der Waals surface area contributed by atoms with Gasteiger partial charge in [0.15, 0.2) is 0 Å². The predicted octanol–water partition coefficient (Wildman–Crippen LogP) is 3.73. The lowest BCUT2D eigenvalue weighted by atomic mass is 10.1. The summed E-state index contributed by atoms with van der Waals surface area (Å²) >= 11 is 1.33. The van der Waals surface area contributed by atoms with Crippen molar-refractivity contribution in [3.8, 4) is 0 Å². The lowest BCUT2D eigenvalue weighted by molar-refractivity contribution is 0.0963. The van der Waals surface area contributed by atoms with E-state index in [9.17, 15) is 18.0 Å². The van der Waals surface area contributed by atoms with Gasteiger partial charge in [-0.3, -0.25) is 13.9 Å². The van der Waals surface area contributed by atoms with E-state index in [4.69, 9.17) is 0 Å². The molecule has 0 spiro atoms. The molecule has 2 aromatic carbocycles. The first-order valence-corrected chi connectivity index (χ1v) is 12.3. The number of anilines is 2. The van der Waals surface area contributed by atoms with Crippen LogP contribution in [-0.2, 0) is 16.4 Å². The van der Waals surface area contributed by atoms with Crippen LogP contribution in [-0.4, -0.2) is 33.8 Å². The number of hydrogen-bond donors (Lipinski definition) is 2. The molecule has 166 valence electrons. The molecule has 4 rings (SSSR count). The van der Waals surface area contributed by atoms with Gasteiger partial charge in [0.1, 0.15) is 5.00 Å². The Hall–Kier alpha value is -3.17. The monoisotopic (exact) mass is 469 g/mol. The minimum absolute atomic E-state index is 0.125. The number of aryl methyl sites for hydroxylation is 1. The summed E-state index contributed by atoms with van der Waals surface area (Å²) in [7, 11) is -2.19. The Labute approximate surface area is 191 Å². The first-order valence-electron chi connectivity index (χ1n) is 10.1. The fourth-order valence-corrected chi connectivity index (χ4v) is 6.31. The van der Waals surface area contributed by atoms with E-state index in [1.807, 2.05) is 32.0 Å². The molecule has 0 saturated carbocycles. The van der Waals surface area contributed by atoms with Crippen molar-refractivity contribution in [2.24, 2.45) is 0 Å². The van der Waals surface area contributed by atoms with Crippen LogP contribution >= 0.6 is 11.3 Å². The summed E-state index contributed by atoms with van der Waals surface area (Å²) in [6.07, 6.45) is 0.670. The SMILES string of the molecule is CNC(=O)c1c(NC(=O)c2ccc(S(=O)(=O)N3CCc4ccccc43)cc2)sc(C)c1C. The Kier molecular flexibility index (Phi) is 5.79. The Balaban J connectivity index is 1.57. The van der Waals surface area contributed by atoms with Crippen LogP contribution in [0.1, 0.15) is 36.7 Å². The van der Waals surface area contributed by atoms with E-state index < -0.39 is 15.9 Å². The van der Waals surface area contributed by atoms with Crippen molar-refractivity contribution in [2.75, 3.05) is 23.2 Å². The first-order chi connectivity index (χ1) is 15.2. The fraction of sp³-hybridized carbons (Fsp3) is 0.217. The highest BCUT2D eigenvalue weighted by Gasteiger charge is 2.30. The van der Waals surface area contributed by atoms with Crippen LogP contribution in [0.15, 0.2) is 53.4 Å². The van der Waals surface area contributed by atoms with E-state index >= 15 is 0 Å². The van der Waals surface area contributed by atoms with E-state index in [2.05, 4.69) is 10.6 Å². The van der Waals surface area contributed by atoms with Crippen molar-refractivity contribution in [2.45, 2.75) is 25.2 Å². The van der Waals surface area contributed by atoms with Crippen molar-refractivity contribution in [3.05, 3.63) is 75.7 Å². The standard InChI is InChI=1S/C23H23N3O4S2/c1-14-15(2)31-23(20(14)22(28)24-3)25-21(27)17-8-10-18(11-9-17)32(29,30)26-13-12-16-6-4-5-7-19(16)26/h4-11H,12-13H2,1-3H3,(H,24,28)(H,25,27). The van der Waals surface area contributed by atoms with Gasteiger partial charge >= 0.3 is 0 Å². The number of benzene rings is 2. The molecule has 0 saturated heterocycles. The predicted molar refractivity (Wildman–Crippen MR) is 126 cm³/mol. The zero-order chi connectivity index (χ0) is 23.0. The van der Waals surface area contributed by atoms with Gasteiger partial charge in [-0.25, -0.2) is 8.42 Å². The summed E-state index contributed by atoms with van der Waals surface area (Å²) in [6.45, 7) is 4.11. The molecule has 0 radical (unpaired) electrons. The van der Waals surface area contributed by atoms with Crippen molar-refractivity contribution in [1.82, 2.24) is 5.32 Å².